The molecule has 0 radical (unpaired) electrons. The van der Waals surface area contributed by atoms with Crippen molar-refractivity contribution >= 4 is 40.2 Å². The van der Waals surface area contributed by atoms with E-state index in [4.69, 9.17) is 18.0 Å². The van der Waals surface area contributed by atoms with Gasteiger partial charge in [0.2, 0.25) is 0 Å². The second-order valence-electron chi connectivity index (χ2n) is 5.42. The Bertz CT molecular complexity index is 957. The standard InChI is InChI=1S/C18H16FN5S/c1-11-10-12(6-8-13(11)19)7-9-16(23-24-18(20)25)17-21-14-4-2-3-5-15(14)22-17/h2-10H,1H3,(H,21,22)(H3,20,24,25)/b9-7+,23-16-. The van der Waals surface area contributed by atoms with Crippen LogP contribution in [0.2, 0.25) is 0 Å². The number of aryl methyl sites for hydroxylation is 1. The molecule has 0 aliphatic heterocycles. The minimum absolute atomic E-state index is 0.0552. The van der Waals surface area contributed by atoms with Crippen LogP contribution >= 0.6 is 12.2 Å². The first-order chi connectivity index (χ1) is 12.0. The highest BCUT2D eigenvalue weighted by atomic mass is 32.1. The molecule has 7 heteroatoms. The van der Waals surface area contributed by atoms with E-state index in [1.807, 2.05) is 30.3 Å². The number of halogens is 1. The van der Waals surface area contributed by atoms with Crippen LogP contribution in [0.4, 0.5) is 4.39 Å². The molecule has 1 heterocycles. The first kappa shape index (κ1) is 16.8. The van der Waals surface area contributed by atoms with Crippen molar-refractivity contribution in [2.24, 2.45) is 10.8 Å². The van der Waals surface area contributed by atoms with Gasteiger partial charge >= 0.3 is 0 Å². The molecular formula is C18H16FN5S. The van der Waals surface area contributed by atoms with E-state index >= 15 is 0 Å². The van der Waals surface area contributed by atoms with Gasteiger partial charge in [-0.3, -0.25) is 5.43 Å². The summed E-state index contributed by atoms with van der Waals surface area (Å²) in [5.74, 6) is 0.332. The van der Waals surface area contributed by atoms with Gasteiger partial charge in [-0.25, -0.2) is 9.37 Å². The Kier molecular flexibility index (Phi) is 4.85. The summed E-state index contributed by atoms with van der Waals surface area (Å²) in [6.45, 7) is 1.72. The maximum absolute atomic E-state index is 13.4. The highest BCUT2D eigenvalue weighted by Gasteiger charge is 2.07. The Labute approximate surface area is 149 Å². The molecule has 4 N–H and O–H groups in total. The third-order valence-corrected chi connectivity index (χ3v) is 3.63. The molecule has 0 saturated heterocycles. The van der Waals surface area contributed by atoms with Crippen LogP contribution in [0.25, 0.3) is 17.1 Å². The molecular weight excluding hydrogens is 337 g/mol. The van der Waals surface area contributed by atoms with Crippen LogP contribution in [0, 0.1) is 12.7 Å². The van der Waals surface area contributed by atoms with Crippen LogP contribution in [0.1, 0.15) is 17.0 Å². The summed E-state index contributed by atoms with van der Waals surface area (Å²) in [5.41, 5.74) is 11.7. The molecule has 0 aliphatic rings. The van der Waals surface area contributed by atoms with Gasteiger partial charge in [0.15, 0.2) is 10.9 Å². The topological polar surface area (TPSA) is 79.1 Å². The minimum Gasteiger partial charge on any atom is -0.375 e. The number of allylic oxidation sites excluding steroid dienone is 1. The highest BCUT2D eigenvalue weighted by molar-refractivity contribution is 7.80. The van der Waals surface area contributed by atoms with Gasteiger partial charge in [0.1, 0.15) is 11.5 Å². The Morgan fingerprint density at radius 2 is 2.12 bits per heavy atom. The summed E-state index contributed by atoms with van der Waals surface area (Å²) < 4.78 is 13.4. The molecule has 0 bridgehead atoms. The van der Waals surface area contributed by atoms with E-state index in [0.29, 0.717) is 17.1 Å². The summed E-state index contributed by atoms with van der Waals surface area (Å²) in [6, 6.07) is 12.5. The number of aromatic amines is 1. The fraction of sp³-hybridized carbons (Fsp3) is 0.0556. The predicted molar refractivity (Wildman–Crippen MR) is 103 cm³/mol. The van der Waals surface area contributed by atoms with Crippen molar-refractivity contribution in [3.8, 4) is 0 Å². The number of thiocarbonyl (C=S) groups is 1. The lowest BCUT2D eigenvalue weighted by atomic mass is 10.1. The van der Waals surface area contributed by atoms with Crippen molar-refractivity contribution in [2.45, 2.75) is 6.92 Å². The highest BCUT2D eigenvalue weighted by Crippen LogP contribution is 2.13. The largest absolute Gasteiger partial charge is 0.375 e. The molecule has 0 unspecified atom stereocenters. The molecule has 126 valence electrons. The normalized spacial score (nSPS) is 12.0. The fourth-order valence-electron chi connectivity index (χ4n) is 2.31. The number of benzene rings is 2. The SMILES string of the molecule is Cc1cc(/C=C/C(=N/NC(N)=S)c2nc3ccccc3[nH]2)ccc1F. The van der Waals surface area contributed by atoms with Crippen molar-refractivity contribution < 1.29 is 4.39 Å². The quantitative estimate of drug-likeness (QED) is 0.382. The van der Waals surface area contributed by atoms with Gasteiger partial charge in [-0.15, -0.1) is 0 Å². The summed E-state index contributed by atoms with van der Waals surface area (Å²) >= 11 is 4.80. The van der Waals surface area contributed by atoms with Crippen molar-refractivity contribution in [3.63, 3.8) is 0 Å². The van der Waals surface area contributed by atoms with Crippen molar-refractivity contribution in [3.05, 3.63) is 71.3 Å². The third kappa shape index (κ3) is 4.07. The van der Waals surface area contributed by atoms with Crippen LogP contribution in [-0.2, 0) is 0 Å². The lowest BCUT2D eigenvalue weighted by Gasteiger charge is -2.01. The molecule has 0 spiro atoms. The van der Waals surface area contributed by atoms with E-state index in [1.54, 1.807) is 25.1 Å². The zero-order valence-electron chi connectivity index (χ0n) is 13.5. The van der Waals surface area contributed by atoms with Crippen LogP contribution in [0.5, 0.6) is 0 Å². The Hall–Kier alpha value is -3.06. The third-order valence-electron chi connectivity index (χ3n) is 3.53. The molecule has 2 aromatic carbocycles. The van der Waals surface area contributed by atoms with Gasteiger partial charge in [0, 0.05) is 0 Å². The number of hydrogen-bond donors (Lipinski definition) is 3. The summed E-state index contributed by atoms with van der Waals surface area (Å²) in [7, 11) is 0. The number of aromatic nitrogens is 2. The van der Waals surface area contributed by atoms with Gasteiger partial charge in [0.05, 0.1) is 11.0 Å². The van der Waals surface area contributed by atoms with Gasteiger partial charge in [-0.2, -0.15) is 5.10 Å². The molecule has 0 amide bonds. The number of rotatable bonds is 4. The molecule has 0 fully saturated rings. The second kappa shape index (κ2) is 7.23. The number of hydrogen-bond acceptors (Lipinski definition) is 3. The lowest BCUT2D eigenvalue weighted by Crippen LogP contribution is -2.25. The maximum atomic E-state index is 13.4. The average molecular weight is 353 g/mol. The van der Waals surface area contributed by atoms with E-state index in [1.165, 1.54) is 6.07 Å². The summed E-state index contributed by atoms with van der Waals surface area (Å²) in [4.78, 5) is 7.71. The molecule has 5 nitrogen and oxygen atoms in total. The first-order valence-electron chi connectivity index (χ1n) is 7.55. The molecule has 0 saturated carbocycles. The maximum Gasteiger partial charge on any atom is 0.184 e. The molecule has 3 rings (SSSR count). The van der Waals surface area contributed by atoms with Crippen LogP contribution < -0.4 is 11.2 Å². The molecule has 1 aromatic heterocycles. The fourth-order valence-corrected chi connectivity index (χ4v) is 2.35. The Balaban J connectivity index is 1.96. The van der Waals surface area contributed by atoms with Crippen molar-refractivity contribution in [1.29, 1.82) is 0 Å². The zero-order valence-corrected chi connectivity index (χ0v) is 14.3. The van der Waals surface area contributed by atoms with Crippen LogP contribution in [0.15, 0.2) is 53.6 Å². The number of para-hydroxylation sites is 2. The smallest absolute Gasteiger partial charge is 0.184 e. The molecule has 0 aliphatic carbocycles. The van der Waals surface area contributed by atoms with Crippen LogP contribution in [-0.4, -0.2) is 20.8 Å². The number of H-pyrrole nitrogens is 1. The number of hydrazone groups is 1. The second-order valence-corrected chi connectivity index (χ2v) is 5.86. The lowest BCUT2D eigenvalue weighted by molar-refractivity contribution is 0.618. The average Bonchev–Trinajstić information content (AvgIpc) is 3.01. The van der Waals surface area contributed by atoms with E-state index < -0.39 is 0 Å². The zero-order chi connectivity index (χ0) is 17.8. The van der Waals surface area contributed by atoms with Crippen molar-refractivity contribution in [1.82, 2.24) is 15.4 Å². The summed E-state index contributed by atoms with van der Waals surface area (Å²) in [5, 5.41) is 4.24. The minimum atomic E-state index is -0.238. The summed E-state index contributed by atoms with van der Waals surface area (Å²) in [6.07, 6.45) is 3.58. The molecule has 0 atom stereocenters. The van der Waals surface area contributed by atoms with Gasteiger partial charge < -0.3 is 10.7 Å². The van der Waals surface area contributed by atoms with Gasteiger partial charge in [-0.05, 0) is 60.6 Å². The Morgan fingerprint density at radius 1 is 1.32 bits per heavy atom. The molecule has 3 aromatic rings. The van der Waals surface area contributed by atoms with Crippen LogP contribution in [0.3, 0.4) is 0 Å². The Morgan fingerprint density at radius 3 is 2.84 bits per heavy atom. The number of fused-ring (bicyclic) bond motifs is 1. The van der Waals surface area contributed by atoms with E-state index in [2.05, 4.69) is 20.5 Å². The predicted octanol–water partition coefficient (Wildman–Crippen LogP) is 3.26. The number of nitrogens with two attached hydrogens (primary N) is 1. The number of nitrogens with one attached hydrogen (secondary N) is 2. The van der Waals surface area contributed by atoms with Gasteiger partial charge in [0.25, 0.3) is 0 Å². The van der Waals surface area contributed by atoms with E-state index in [-0.39, 0.29) is 10.9 Å². The number of imidazole rings is 1. The molecule has 25 heavy (non-hydrogen) atoms. The monoisotopic (exact) mass is 353 g/mol. The number of nitrogens with zero attached hydrogens (tertiary/aromatic N) is 2. The first-order valence-corrected chi connectivity index (χ1v) is 7.96. The van der Waals surface area contributed by atoms with E-state index in [9.17, 15) is 4.39 Å². The van der Waals surface area contributed by atoms with Gasteiger partial charge in [-0.1, -0.05) is 24.3 Å². The van der Waals surface area contributed by atoms with Crippen molar-refractivity contribution in [2.75, 3.05) is 0 Å². The van der Waals surface area contributed by atoms with E-state index in [0.717, 1.165) is 16.6 Å².